The molecule has 0 heterocycles. The van der Waals surface area contributed by atoms with Crippen LogP contribution in [0.15, 0.2) is 18.2 Å². The van der Waals surface area contributed by atoms with Gasteiger partial charge in [0.15, 0.2) is 0 Å². The summed E-state index contributed by atoms with van der Waals surface area (Å²) in [5, 5.41) is 6.16. The molecule has 0 spiro atoms. The van der Waals surface area contributed by atoms with E-state index in [9.17, 15) is 4.79 Å². The largest absolute Gasteiger partial charge is 0.324 e. The van der Waals surface area contributed by atoms with Crippen LogP contribution in [0.5, 0.6) is 0 Å². The topological polar surface area (TPSA) is 41.1 Å². The number of hydrogen-bond donors (Lipinski definition) is 2. The van der Waals surface area contributed by atoms with Crippen molar-refractivity contribution in [3.05, 3.63) is 29.3 Å². The van der Waals surface area contributed by atoms with Gasteiger partial charge in [-0.25, -0.2) is 0 Å². The highest BCUT2D eigenvalue weighted by Gasteiger charge is 2.07. The summed E-state index contributed by atoms with van der Waals surface area (Å²) in [6.07, 6.45) is 3.19. The van der Waals surface area contributed by atoms with E-state index in [1.165, 1.54) is 5.56 Å². The van der Waals surface area contributed by atoms with Crippen LogP contribution in [0.1, 0.15) is 37.8 Å². The summed E-state index contributed by atoms with van der Waals surface area (Å²) in [4.78, 5) is 11.8. The van der Waals surface area contributed by atoms with Gasteiger partial charge in [-0.2, -0.15) is 0 Å². The first-order valence-electron chi connectivity index (χ1n) is 6.78. The smallest absolute Gasteiger partial charge is 0.238 e. The third-order valence-corrected chi connectivity index (χ3v) is 3.00. The first kappa shape index (κ1) is 14.7. The summed E-state index contributed by atoms with van der Waals surface area (Å²) in [5.74, 6) is 0.0371. The van der Waals surface area contributed by atoms with Gasteiger partial charge in [-0.15, -0.1) is 0 Å². The Balaban J connectivity index is 2.53. The normalized spacial score (nSPS) is 10.4. The summed E-state index contributed by atoms with van der Waals surface area (Å²) in [6.45, 7) is 7.56. The lowest BCUT2D eigenvalue weighted by atomic mass is 10.1. The summed E-state index contributed by atoms with van der Waals surface area (Å²) in [5.41, 5.74) is 3.29. The van der Waals surface area contributed by atoms with Crippen molar-refractivity contribution in [2.75, 3.05) is 18.4 Å². The molecule has 1 aromatic rings. The molecule has 0 aliphatic carbocycles. The molecule has 0 radical (unpaired) electrons. The number of rotatable bonds is 7. The van der Waals surface area contributed by atoms with Gasteiger partial charge >= 0.3 is 0 Å². The van der Waals surface area contributed by atoms with E-state index in [0.717, 1.165) is 37.1 Å². The number of carbonyl (C=O) groups is 1. The van der Waals surface area contributed by atoms with Crippen LogP contribution in [0, 0.1) is 6.92 Å². The molecule has 3 heteroatoms. The van der Waals surface area contributed by atoms with E-state index in [0.29, 0.717) is 6.54 Å². The van der Waals surface area contributed by atoms with E-state index in [1.807, 2.05) is 19.1 Å². The molecule has 0 saturated heterocycles. The number of carbonyl (C=O) groups excluding carboxylic acids is 1. The van der Waals surface area contributed by atoms with E-state index in [4.69, 9.17) is 0 Å². The Morgan fingerprint density at radius 2 is 2.06 bits per heavy atom. The van der Waals surface area contributed by atoms with Gasteiger partial charge in [0.1, 0.15) is 0 Å². The fraction of sp³-hybridized carbons (Fsp3) is 0.533. The van der Waals surface area contributed by atoms with Gasteiger partial charge in [-0.3, -0.25) is 4.79 Å². The molecule has 100 valence electrons. The van der Waals surface area contributed by atoms with Crippen LogP contribution in [0.2, 0.25) is 0 Å². The van der Waals surface area contributed by atoms with Gasteiger partial charge < -0.3 is 10.6 Å². The Hall–Kier alpha value is -1.35. The highest BCUT2D eigenvalue weighted by Crippen LogP contribution is 2.20. The number of aryl methyl sites for hydroxylation is 2. The average molecular weight is 248 g/mol. The maximum Gasteiger partial charge on any atom is 0.238 e. The number of hydrogen-bond acceptors (Lipinski definition) is 2. The molecule has 18 heavy (non-hydrogen) atoms. The van der Waals surface area contributed by atoms with Crippen molar-refractivity contribution in [1.29, 1.82) is 0 Å². The predicted molar refractivity (Wildman–Crippen MR) is 77.0 cm³/mol. The van der Waals surface area contributed by atoms with Crippen molar-refractivity contribution < 1.29 is 4.79 Å². The zero-order valence-electron chi connectivity index (χ0n) is 11.7. The lowest BCUT2D eigenvalue weighted by molar-refractivity contribution is -0.115. The Morgan fingerprint density at radius 1 is 1.28 bits per heavy atom. The van der Waals surface area contributed by atoms with Crippen LogP contribution >= 0.6 is 0 Å². The van der Waals surface area contributed by atoms with Gasteiger partial charge in [-0.1, -0.05) is 38.5 Å². The van der Waals surface area contributed by atoms with E-state index >= 15 is 0 Å². The SMILES string of the molecule is CCCCNCC(=O)Nc1c(C)cccc1CC. The summed E-state index contributed by atoms with van der Waals surface area (Å²) < 4.78 is 0. The molecule has 0 unspecified atom stereocenters. The fourth-order valence-electron chi connectivity index (χ4n) is 1.89. The van der Waals surface area contributed by atoms with Crippen molar-refractivity contribution in [2.24, 2.45) is 0 Å². The molecule has 3 nitrogen and oxygen atoms in total. The van der Waals surface area contributed by atoms with Crippen LogP contribution in [0.3, 0.4) is 0 Å². The minimum Gasteiger partial charge on any atom is -0.324 e. The van der Waals surface area contributed by atoms with E-state index < -0.39 is 0 Å². The van der Waals surface area contributed by atoms with Crippen LogP contribution in [0.4, 0.5) is 5.69 Å². The molecule has 0 aromatic heterocycles. The Kier molecular flexibility index (Phi) is 6.44. The molecule has 0 bridgehead atoms. The number of unbranched alkanes of at least 4 members (excludes halogenated alkanes) is 1. The third kappa shape index (κ3) is 4.49. The number of nitrogens with one attached hydrogen (secondary N) is 2. The Morgan fingerprint density at radius 3 is 2.72 bits per heavy atom. The first-order chi connectivity index (χ1) is 8.69. The fourth-order valence-corrected chi connectivity index (χ4v) is 1.89. The van der Waals surface area contributed by atoms with Crippen molar-refractivity contribution in [2.45, 2.75) is 40.0 Å². The van der Waals surface area contributed by atoms with Gasteiger partial charge in [0.05, 0.1) is 6.54 Å². The standard InChI is InChI=1S/C15H24N2O/c1-4-6-10-16-11-14(18)17-15-12(3)8-7-9-13(15)5-2/h7-9,16H,4-6,10-11H2,1-3H3,(H,17,18). The lowest BCUT2D eigenvalue weighted by Gasteiger charge is -2.13. The molecule has 0 saturated carbocycles. The number of para-hydroxylation sites is 1. The molecule has 1 aromatic carbocycles. The summed E-state index contributed by atoms with van der Waals surface area (Å²) in [6, 6.07) is 6.12. The van der Waals surface area contributed by atoms with Crippen molar-refractivity contribution in [3.8, 4) is 0 Å². The maximum atomic E-state index is 11.8. The average Bonchev–Trinajstić information content (AvgIpc) is 2.37. The second-order valence-electron chi connectivity index (χ2n) is 4.54. The summed E-state index contributed by atoms with van der Waals surface area (Å²) >= 11 is 0. The molecule has 2 N–H and O–H groups in total. The summed E-state index contributed by atoms with van der Waals surface area (Å²) in [7, 11) is 0. The number of anilines is 1. The molecule has 1 amide bonds. The van der Waals surface area contributed by atoms with Crippen LogP contribution in [0.25, 0.3) is 0 Å². The Labute approximate surface area is 110 Å². The van der Waals surface area contributed by atoms with Gasteiger partial charge in [0, 0.05) is 5.69 Å². The second kappa shape index (κ2) is 7.88. The van der Waals surface area contributed by atoms with Gasteiger partial charge in [0.2, 0.25) is 5.91 Å². The highest BCUT2D eigenvalue weighted by atomic mass is 16.1. The minimum atomic E-state index is 0.0371. The quantitative estimate of drug-likeness (QED) is 0.728. The molecule has 0 fully saturated rings. The first-order valence-corrected chi connectivity index (χ1v) is 6.78. The van der Waals surface area contributed by atoms with Crippen molar-refractivity contribution in [1.82, 2.24) is 5.32 Å². The van der Waals surface area contributed by atoms with Gasteiger partial charge in [0.25, 0.3) is 0 Å². The van der Waals surface area contributed by atoms with E-state index in [-0.39, 0.29) is 5.91 Å². The van der Waals surface area contributed by atoms with Crippen molar-refractivity contribution >= 4 is 11.6 Å². The van der Waals surface area contributed by atoms with Crippen LogP contribution in [-0.4, -0.2) is 19.0 Å². The van der Waals surface area contributed by atoms with Crippen LogP contribution < -0.4 is 10.6 Å². The van der Waals surface area contributed by atoms with Gasteiger partial charge in [-0.05, 0) is 37.4 Å². The number of benzene rings is 1. The lowest BCUT2D eigenvalue weighted by Crippen LogP contribution is -2.29. The number of amides is 1. The van der Waals surface area contributed by atoms with Crippen molar-refractivity contribution in [3.63, 3.8) is 0 Å². The molecule has 1 rings (SSSR count). The third-order valence-electron chi connectivity index (χ3n) is 3.00. The molecular formula is C15H24N2O. The van der Waals surface area contributed by atoms with Crippen LogP contribution in [-0.2, 0) is 11.2 Å². The zero-order chi connectivity index (χ0) is 13.4. The molecule has 0 aliphatic heterocycles. The molecular weight excluding hydrogens is 224 g/mol. The van der Waals surface area contributed by atoms with E-state index in [2.05, 4.69) is 30.5 Å². The van der Waals surface area contributed by atoms with E-state index in [1.54, 1.807) is 0 Å². The molecule has 0 atom stereocenters. The zero-order valence-corrected chi connectivity index (χ0v) is 11.7. The Bertz CT molecular complexity index is 388. The molecule has 0 aliphatic rings. The highest BCUT2D eigenvalue weighted by molar-refractivity contribution is 5.93. The predicted octanol–water partition coefficient (Wildman–Crippen LogP) is 2.89. The maximum absolute atomic E-state index is 11.8. The second-order valence-corrected chi connectivity index (χ2v) is 4.54. The minimum absolute atomic E-state index is 0.0371. The monoisotopic (exact) mass is 248 g/mol.